The molecule has 4 rings (SSSR count). The van der Waals surface area contributed by atoms with Crippen LogP contribution in [0, 0.1) is 6.92 Å². The molecule has 0 aliphatic carbocycles. The third-order valence-corrected chi connectivity index (χ3v) is 6.96. The SMILES string of the molecule is Cc1cc(OCC(=O)c2ccc3c(c2)N(CCCC(=O)N2CCN(C)CC2)C(=O)CO3)cc(C(C)C)c1. The van der Waals surface area contributed by atoms with Crippen LogP contribution in [0.5, 0.6) is 11.5 Å². The summed E-state index contributed by atoms with van der Waals surface area (Å²) in [4.78, 5) is 44.0. The van der Waals surface area contributed by atoms with Crippen LogP contribution in [-0.4, -0.2) is 80.4 Å². The van der Waals surface area contributed by atoms with Gasteiger partial charge in [0.05, 0.1) is 5.69 Å². The van der Waals surface area contributed by atoms with E-state index in [4.69, 9.17) is 9.47 Å². The van der Waals surface area contributed by atoms with Gasteiger partial charge in [-0.3, -0.25) is 14.4 Å². The quantitative estimate of drug-likeness (QED) is 0.482. The molecule has 1 fully saturated rings. The van der Waals surface area contributed by atoms with Crippen molar-refractivity contribution in [3.63, 3.8) is 0 Å². The lowest BCUT2D eigenvalue weighted by atomic mass is 10.0. The maximum absolute atomic E-state index is 13.0. The molecule has 0 radical (unpaired) electrons. The Labute approximate surface area is 219 Å². The highest BCUT2D eigenvalue weighted by Crippen LogP contribution is 2.33. The molecule has 8 nitrogen and oxygen atoms in total. The number of carbonyl (C=O) groups is 3. The molecule has 2 heterocycles. The fraction of sp³-hybridized carbons (Fsp3) is 0.483. The van der Waals surface area contributed by atoms with Crippen molar-refractivity contribution in [3.8, 4) is 11.5 Å². The summed E-state index contributed by atoms with van der Waals surface area (Å²) in [5.74, 6) is 1.34. The van der Waals surface area contributed by atoms with E-state index in [0.717, 1.165) is 37.3 Å². The summed E-state index contributed by atoms with van der Waals surface area (Å²) in [6.45, 7) is 9.72. The number of amides is 2. The first-order chi connectivity index (χ1) is 17.7. The van der Waals surface area contributed by atoms with Gasteiger partial charge in [-0.1, -0.05) is 19.9 Å². The molecule has 0 unspecified atom stereocenters. The highest BCUT2D eigenvalue weighted by molar-refractivity contribution is 6.02. The predicted molar refractivity (Wildman–Crippen MR) is 143 cm³/mol. The zero-order valence-corrected chi connectivity index (χ0v) is 22.3. The van der Waals surface area contributed by atoms with Crippen LogP contribution in [-0.2, 0) is 9.59 Å². The summed E-state index contributed by atoms with van der Waals surface area (Å²) in [6, 6.07) is 11.1. The predicted octanol–water partition coefficient (Wildman–Crippen LogP) is 3.66. The van der Waals surface area contributed by atoms with Crippen molar-refractivity contribution < 1.29 is 23.9 Å². The molecule has 198 valence electrons. The lowest BCUT2D eigenvalue weighted by Crippen LogP contribution is -2.47. The number of aryl methyl sites for hydroxylation is 1. The Morgan fingerprint density at radius 3 is 2.54 bits per heavy atom. The standard InChI is InChI=1S/C29H37N3O5/c1-20(2)23-14-21(3)15-24(16-23)36-18-26(33)22-7-8-27-25(17-22)32(29(35)19-37-27)9-5-6-28(34)31-12-10-30(4)11-13-31/h7-8,14-17,20H,5-6,9-13,18-19H2,1-4H3. The molecule has 0 atom stereocenters. The van der Waals surface area contributed by atoms with E-state index in [-0.39, 0.29) is 30.8 Å². The van der Waals surface area contributed by atoms with Gasteiger partial charge in [0.1, 0.15) is 11.5 Å². The number of likely N-dealkylation sites (N-methyl/N-ethyl adjacent to an activating group) is 1. The van der Waals surface area contributed by atoms with Gasteiger partial charge in [-0.2, -0.15) is 0 Å². The van der Waals surface area contributed by atoms with Gasteiger partial charge >= 0.3 is 0 Å². The van der Waals surface area contributed by atoms with Crippen molar-refractivity contribution in [2.24, 2.45) is 0 Å². The van der Waals surface area contributed by atoms with Crippen LogP contribution in [0.15, 0.2) is 36.4 Å². The average Bonchev–Trinajstić information content (AvgIpc) is 2.88. The fourth-order valence-electron chi connectivity index (χ4n) is 4.65. The first-order valence-corrected chi connectivity index (χ1v) is 13.0. The number of benzene rings is 2. The molecule has 0 saturated carbocycles. The molecule has 2 aliphatic rings. The number of piperazine rings is 1. The summed E-state index contributed by atoms with van der Waals surface area (Å²) in [5, 5.41) is 0. The van der Waals surface area contributed by atoms with Crippen molar-refractivity contribution >= 4 is 23.3 Å². The second kappa shape index (κ2) is 11.8. The van der Waals surface area contributed by atoms with E-state index in [1.807, 2.05) is 24.0 Å². The summed E-state index contributed by atoms with van der Waals surface area (Å²) in [6.07, 6.45) is 0.925. The number of nitrogens with zero attached hydrogens (tertiary/aromatic N) is 3. The molecule has 0 aromatic heterocycles. The molecular formula is C29H37N3O5. The molecule has 2 aliphatic heterocycles. The van der Waals surface area contributed by atoms with Gasteiger partial charge in [-0.15, -0.1) is 0 Å². The minimum absolute atomic E-state index is 0.0542. The lowest BCUT2D eigenvalue weighted by molar-refractivity contribution is -0.133. The van der Waals surface area contributed by atoms with Crippen molar-refractivity contribution in [1.29, 1.82) is 0 Å². The van der Waals surface area contributed by atoms with Gasteiger partial charge in [0.25, 0.3) is 5.91 Å². The molecule has 37 heavy (non-hydrogen) atoms. The Balaban J connectivity index is 1.39. The molecule has 2 aromatic rings. The Kier molecular flexibility index (Phi) is 8.48. The number of ketones is 1. The van der Waals surface area contributed by atoms with E-state index in [1.54, 1.807) is 23.1 Å². The number of rotatable bonds is 9. The van der Waals surface area contributed by atoms with Gasteiger partial charge in [-0.05, 0) is 67.8 Å². The van der Waals surface area contributed by atoms with E-state index < -0.39 is 0 Å². The van der Waals surface area contributed by atoms with E-state index in [9.17, 15) is 14.4 Å². The zero-order valence-electron chi connectivity index (χ0n) is 22.3. The van der Waals surface area contributed by atoms with Crippen LogP contribution in [0.1, 0.15) is 54.1 Å². The van der Waals surface area contributed by atoms with Crippen LogP contribution in [0.4, 0.5) is 5.69 Å². The second-order valence-electron chi connectivity index (χ2n) is 10.3. The number of Topliss-reactive ketones (excluding diaryl/α,β-unsaturated/α-hetero) is 1. The Bertz CT molecular complexity index is 1150. The molecule has 0 N–H and O–H groups in total. The maximum atomic E-state index is 13.0. The maximum Gasteiger partial charge on any atom is 0.265 e. The fourth-order valence-corrected chi connectivity index (χ4v) is 4.65. The highest BCUT2D eigenvalue weighted by Gasteiger charge is 2.27. The lowest BCUT2D eigenvalue weighted by Gasteiger charge is -2.33. The number of ether oxygens (including phenoxy) is 2. The first-order valence-electron chi connectivity index (χ1n) is 13.0. The van der Waals surface area contributed by atoms with Gasteiger partial charge in [0.2, 0.25) is 5.91 Å². The Morgan fingerprint density at radius 1 is 1.05 bits per heavy atom. The number of hydrogen-bond acceptors (Lipinski definition) is 6. The van der Waals surface area contributed by atoms with E-state index in [1.165, 1.54) is 0 Å². The topological polar surface area (TPSA) is 79.4 Å². The highest BCUT2D eigenvalue weighted by atomic mass is 16.5. The molecular weight excluding hydrogens is 470 g/mol. The molecule has 2 aromatic carbocycles. The molecule has 8 heteroatoms. The Morgan fingerprint density at radius 2 is 1.81 bits per heavy atom. The Hall–Kier alpha value is -3.39. The third kappa shape index (κ3) is 6.68. The van der Waals surface area contributed by atoms with Crippen LogP contribution >= 0.6 is 0 Å². The van der Waals surface area contributed by atoms with Crippen LogP contribution < -0.4 is 14.4 Å². The summed E-state index contributed by atoms with van der Waals surface area (Å²) >= 11 is 0. The largest absolute Gasteiger partial charge is 0.485 e. The number of fused-ring (bicyclic) bond motifs is 1. The molecule has 2 amide bonds. The minimum atomic E-state index is -0.182. The number of carbonyl (C=O) groups excluding carboxylic acids is 3. The molecule has 0 bridgehead atoms. The normalized spacial score (nSPS) is 16.0. The van der Waals surface area contributed by atoms with Gasteiger partial charge in [0.15, 0.2) is 19.0 Å². The summed E-state index contributed by atoms with van der Waals surface area (Å²) < 4.78 is 11.4. The third-order valence-electron chi connectivity index (χ3n) is 6.96. The van der Waals surface area contributed by atoms with Gasteiger partial charge < -0.3 is 24.2 Å². The van der Waals surface area contributed by atoms with Crippen molar-refractivity contribution in [2.45, 2.75) is 39.5 Å². The first kappa shape index (κ1) is 26.7. The second-order valence-corrected chi connectivity index (χ2v) is 10.3. The molecule has 1 saturated heterocycles. The van der Waals surface area contributed by atoms with Crippen molar-refractivity contribution in [1.82, 2.24) is 9.80 Å². The van der Waals surface area contributed by atoms with E-state index in [2.05, 4.69) is 31.9 Å². The van der Waals surface area contributed by atoms with Crippen molar-refractivity contribution in [3.05, 3.63) is 53.1 Å². The van der Waals surface area contributed by atoms with Crippen LogP contribution in [0.3, 0.4) is 0 Å². The molecule has 0 spiro atoms. The van der Waals surface area contributed by atoms with E-state index >= 15 is 0 Å². The van der Waals surface area contributed by atoms with Crippen LogP contribution in [0.2, 0.25) is 0 Å². The van der Waals surface area contributed by atoms with Crippen LogP contribution in [0.25, 0.3) is 0 Å². The number of anilines is 1. The zero-order chi connectivity index (χ0) is 26.5. The average molecular weight is 508 g/mol. The minimum Gasteiger partial charge on any atom is -0.485 e. The smallest absolute Gasteiger partial charge is 0.265 e. The summed E-state index contributed by atoms with van der Waals surface area (Å²) in [7, 11) is 2.06. The monoisotopic (exact) mass is 507 g/mol. The number of hydrogen-bond donors (Lipinski definition) is 0. The van der Waals surface area contributed by atoms with Gasteiger partial charge in [0, 0.05) is 44.7 Å². The van der Waals surface area contributed by atoms with Crippen molar-refractivity contribution in [2.75, 3.05) is 57.9 Å². The van der Waals surface area contributed by atoms with E-state index in [0.29, 0.717) is 48.1 Å². The van der Waals surface area contributed by atoms with Gasteiger partial charge in [-0.25, -0.2) is 0 Å². The summed E-state index contributed by atoms with van der Waals surface area (Å²) in [5.41, 5.74) is 3.26.